The molecule has 1 fully saturated rings. The van der Waals surface area contributed by atoms with Crippen LogP contribution in [0.3, 0.4) is 0 Å². The third-order valence-electron chi connectivity index (χ3n) is 2.98. The van der Waals surface area contributed by atoms with Crippen molar-refractivity contribution in [3.63, 3.8) is 0 Å². The molecule has 7 heteroatoms. The van der Waals surface area contributed by atoms with Gasteiger partial charge in [-0.15, -0.1) is 0 Å². The van der Waals surface area contributed by atoms with E-state index in [0.29, 0.717) is 6.42 Å². The molecule has 0 aromatic rings. The number of rotatable bonds is 5. The van der Waals surface area contributed by atoms with Crippen LogP contribution in [0.15, 0.2) is 0 Å². The minimum atomic E-state index is -1.07. The number of β-lactam (4-membered cyclic amide) rings is 1. The first kappa shape index (κ1) is 17.3. The first-order chi connectivity index (χ1) is 9.45. The van der Waals surface area contributed by atoms with Gasteiger partial charge in [0.05, 0.1) is 6.54 Å². The molecule has 2 N–H and O–H groups in total. The van der Waals surface area contributed by atoms with Crippen LogP contribution in [0, 0.1) is 5.92 Å². The van der Waals surface area contributed by atoms with Gasteiger partial charge in [0.25, 0.3) is 5.91 Å². The molecule has 0 radical (unpaired) electrons. The van der Waals surface area contributed by atoms with E-state index in [1.54, 1.807) is 20.8 Å². The highest BCUT2D eigenvalue weighted by Gasteiger charge is 2.54. The van der Waals surface area contributed by atoms with E-state index in [4.69, 9.17) is 9.84 Å². The number of ether oxygens (including phenoxy) is 1. The van der Waals surface area contributed by atoms with Crippen LogP contribution in [-0.2, 0) is 14.3 Å². The molecule has 21 heavy (non-hydrogen) atoms. The molecule has 7 nitrogen and oxygen atoms in total. The highest BCUT2D eigenvalue weighted by molar-refractivity contribution is 5.97. The minimum Gasteiger partial charge on any atom is -0.480 e. The van der Waals surface area contributed by atoms with Crippen molar-refractivity contribution in [3.05, 3.63) is 0 Å². The zero-order valence-electron chi connectivity index (χ0n) is 13.2. The third kappa shape index (κ3) is 4.61. The topological polar surface area (TPSA) is 95.9 Å². The Morgan fingerprint density at radius 2 is 2.00 bits per heavy atom. The summed E-state index contributed by atoms with van der Waals surface area (Å²) in [7, 11) is 0. The van der Waals surface area contributed by atoms with E-state index in [9.17, 15) is 14.4 Å². The number of carboxylic acid groups (broad SMARTS) is 1. The predicted molar refractivity (Wildman–Crippen MR) is 75.8 cm³/mol. The summed E-state index contributed by atoms with van der Waals surface area (Å²) in [6, 6.07) is 0. The Kier molecular flexibility index (Phi) is 4.86. The second-order valence-corrected chi connectivity index (χ2v) is 6.86. The number of carboxylic acids is 1. The first-order valence-electron chi connectivity index (χ1n) is 6.97. The zero-order valence-corrected chi connectivity index (χ0v) is 13.2. The molecule has 0 unspecified atom stereocenters. The van der Waals surface area contributed by atoms with Crippen molar-refractivity contribution in [2.24, 2.45) is 5.92 Å². The van der Waals surface area contributed by atoms with Crippen LogP contribution < -0.4 is 5.32 Å². The Labute approximate surface area is 124 Å². The average molecular weight is 300 g/mol. The lowest BCUT2D eigenvalue weighted by Crippen LogP contribution is -2.75. The van der Waals surface area contributed by atoms with Crippen molar-refractivity contribution in [3.8, 4) is 0 Å². The minimum absolute atomic E-state index is 0.177. The number of alkyl carbamates (subject to hydrolysis) is 1. The monoisotopic (exact) mass is 300 g/mol. The van der Waals surface area contributed by atoms with Crippen molar-refractivity contribution >= 4 is 18.0 Å². The number of carbonyl (C=O) groups excluding carboxylic acids is 2. The highest BCUT2D eigenvalue weighted by atomic mass is 16.6. The number of amides is 2. The van der Waals surface area contributed by atoms with E-state index in [2.05, 4.69) is 5.32 Å². The lowest BCUT2D eigenvalue weighted by Gasteiger charge is -2.49. The van der Waals surface area contributed by atoms with Gasteiger partial charge in [0, 0.05) is 0 Å². The van der Waals surface area contributed by atoms with E-state index in [1.807, 2.05) is 13.8 Å². The molecular formula is C14H24N2O5. The summed E-state index contributed by atoms with van der Waals surface area (Å²) in [5.74, 6) is -1.26. The molecule has 120 valence electrons. The van der Waals surface area contributed by atoms with E-state index >= 15 is 0 Å². The average Bonchev–Trinajstić information content (AvgIpc) is 2.23. The number of carbonyl (C=O) groups is 3. The molecule has 1 saturated heterocycles. The van der Waals surface area contributed by atoms with Gasteiger partial charge in [-0.1, -0.05) is 13.8 Å². The molecule has 0 aromatic carbocycles. The van der Waals surface area contributed by atoms with Crippen molar-refractivity contribution < 1.29 is 24.2 Å². The SMILES string of the molecule is CC(C)C[C@@]1(NC(=O)OC(C)(C)C)CN(CC(=O)O)C1=O. The van der Waals surface area contributed by atoms with Crippen LogP contribution in [0.2, 0.25) is 0 Å². The van der Waals surface area contributed by atoms with Gasteiger partial charge >= 0.3 is 12.1 Å². The normalized spacial score (nSPS) is 22.0. The van der Waals surface area contributed by atoms with Gasteiger partial charge in [-0.3, -0.25) is 9.59 Å². The lowest BCUT2D eigenvalue weighted by atomic mass is 9.81. The Hall–Kier alpha value is -1.79. The summed E-state index contributed by atoms with van der Waals surface area (Å²) in [5, 5.41) is 11.4. The van der Waals surface area contributed by atoms with E-state index in [1.165, 1.54) is 4.90 Å². The fraction of sp³-hybridized carbons (Fsp3) is 0.786. The predicted octanol–water partition coefficient (Wildman–Crippen LogP) is 1.22. The van der Waals surface area contributed by atoms with Crippen LogP contribution in [0.5, 0.6) is 0 Å². The summed E-state index contributed by atoms with van der Waals surface area (Å²) >= 11 is 0. The maximum Gasteiger partial charge on any atom is 0.408 e. The smallest absolute Gasteiger partial charge is 0.408 e. The standard InChI is InChI=1S/C14H24N2O5/c1-9(2)6-14(15-12(20)21-13(3,4)5)8-16(11(14)19)7-10(17)18/h9H,6-8H2,1-5H3,(H,15,20)(H,17,18)/t14-/m1/s1. The van der Waals surface area contributed by atoms with Gasteiger partial charge in [-0.2, -0.15) is 0 Å². The molecule has 0 spiro atoms. The summed E-state index contributed by atoms with van der Waals surface area (Å²) in [4.78, 5) is 36.0. The van der Waals surface area contributed by atoms with E-state index in [0.717, 1.165) is 0 Å². The Morgan fingerprint density at radius 1 is 1.43 bits per heavy atom. The molecule has 0 aliphatic carbocycles. The highest BCUT2D eigenvalue weighted by Crippen LogP contribution is 2.30. The van der Waals surface area contributed by atoms with Gasteiger partial charge in [0.1, 0.15) is 17.7 Å². The van der Waals surface area contributed by atoms with Crippen LogP contribution in [0.25, 0.3) is 0 Å². The Bertz CT molecular complexity index is 441. The molecule has 1 aliphatic heterocycles. The maximum absolute atomic E-state index is 12.2. The molecule has 2 amide bonds. The number of hydrogen-bond acceptors (Lipinski definition) is 4. The second-order valence-electron chi connectivity index (χ2n) is 6.86. The largest absolute Gasteiger partial charge is 0.480 e. The molecule has 1 aliphatic rings. The van der Waals surface area contributed by atoms with E-state index < -0.39 is 23.2 Å². The molecule has 0 bridgehead atoms. The van der Waals surface area contributed by atoms with Crippen LogP contribution in [-0.4, -0.2) is 52.2 Å². The third-order valence-corrected chi connectivity index (χ3v) is 2.98. The number of aliphatic carboxylic acids is 1. The second kappa shape index (κ2) is 5.91. The lowest BCUT2D eigenvalue weighted by molar-refractivity contribution is -0.160. The number of hydrogen-bond donors (Lipinski definition) is 2. The number of likely N-dealkylation sites (tertiary alicyclic amines) is 1. The van der Waals surface area contributed by atoms with E-state index in [-0.39, 0.29) is 24.9 Å². The van der Waals surface area contributed by atoms with Crippen molar-refractivity contribution in [1.29, 1.82) is 0 Å². The fourth-order valence-corrected chi connectivity index (χ4v) is 2.46. The molecule has 0 aromatic heterocycles. The zero-order chi connectivity index (χ0) is 16.4. The van der Waals surface area contributed by atoms with Crippen molar-refractivity contribution in [2.45, 2.75) is 52.2 Å². The van der Waals surface area contributed by atoms with Crippen LogP contribution in [0.4, 0.5) is 4.79 Å². The molecule has 1 heterocycles. The van der Waals surface area contributed by atoms with Gasteiger partial charge in [0.15, 0.2) is 0 Å². The number of nitrogens with one attached hydrogen (secondary N) is 1. The van der Waals surface area contributed by atoms with Crippen molar-refractivity contribution in [1.82, 2.24) is 10.2 Å². The summed E-state index contributed by atoms with van der Waals surface area (Å²) in [6.07, 6.45) is -0.215. The quantitative estimate of drug-likeness (QED) is 0.744. The van der Waals surface area contributed by atoms with Crippen LogP contribution >= 0.6 is 0 Å². The maximum atomic E-state index is 12.2. The van der Waals surface area contributed by atoms with Gasteiger partial charge in [0.2, 0.25) is 0 Å². The van der Waals surface area contributed by atoms with Gasteiger partial charge in [-0.05, 0) is 33.1 Å². The molecular weight excluding hydrogens is 276 g/mol. The molecule has 1 atom stereocenters. The number of nitrogens with zero attached hydrogens (tertiary/aromatic N) is 1. The van der Waals surface area contributed by atoms with Crippen molar-refractivity contribution in [2.75, 3.05) is 13.1 Å². The van der Waals surface area contributed by atoms with Crippen LogP contribution in [0.1, 0.15) is 41.0 Å². The molecule has 0 saturated carbocycles. The van der Waals surface area contributed by atoms with Gasteiger partial charge in [-0.25, -0.2) is 4.79 Å². The Morgan fingerprint density at radius 3 is 2.38 bits per heavy atom. The molecule has 1 rings (SSSR count). The summed E-state index contributed by atoms with van der Waals surface area (Å²) in [6.45, 7) is 8.92. The fourth-order valence-electron chi connectivity index (χ4n) is 2.46. The van der Waals surface area contributed by atoms with Gasteiger partial charge < -0.3 is 20.1 Å². The first-order valence-corrected chi connectivity index (χ1v) is 6.97. The summed E-state index contributed by atoms with van der Waals surface area (Å²) in [5.41, 5.74) is -1.71. The Balaban J connectivity index is 2.76. The summed E-state index contributed by atoms with van der Waals surface area (Å²) < 4.78 is 5.18.